The molecule has 1 atom stereocenters. The maximum atomic E-state index is 13.9. The summed E-state index contributed by atoms with van der Waals surface area (Å²) in [6.07, 6.45) is 0. The molecule has 2 aromatic rings. The minimum atomic E-state index is -0.196. The Balaban J connectivity index is 2.12. The molecule has 1 unspecified atom stereocenters. The lowest BCUT2D eigenvalue weighted by Gasteiger charge is -2.17. The van der Waals surface area contributed by atoms with Gasteiger partial charge in [0.2, 0.25) is 0 Å². The molecule has 0 bridgehead atoms. The normalized spacial score (nSPS) is 12.5. The predicted molar refractivity (Wildman–Crippen MR) is 86.7 cm³/mol. The summed E-state index contributed by atoms with van der Waals surface area (Å²) in [6.45, 7) is 6.30. The molecule has 0 fully saturated rings. The average molecular weight is 336 g/mol. The van der Waals surface area contributed by atoms with E-state index < -0.39 is 0 Å². The summed E-state index contributed by atoms with van der Waals surface area (Å²) >= 11 is 3.27. The highest BCUT2D eigenvalue weighted by atomic mass is 79.9. The van der Waals surface area contributed by atoms with Crippen LogP contribution in [0.3, 0.4) is 0 Å². The second-order valence-electron chi connectivity index (χ2n) is 5.31. The second kappa shape index (κ2) is 6.40. The van der Waals surface area contributed by atoms with E-state index in [0.717, 1.165) is 10.2 Å². The Morgan fingerprint density at radius 1 is 1.00 bits per heavy atom. The molecule has 1 N–H and O–H groups in total. The van der Waals surface area contributed by atoms with Gasteiger partial charge in [-0.2, -0.15) is 0 Å². The van der Waals surface area contributed by atoms with E-state index in [9.17, 15) is 4.39 Å². The largest absolute Gasteiger partial charge is 0.378 e. The monoisotopic (exact) mass is 335 g/mol. The van der Waals surface area contributed by atoms with Crippen molar-refractivity contribution in [3.05, 3.63) is 63.9 Å². The van der Waals surface area contributed by atoms with Crippen LogP contribution in [-0.2, 0) is 0 Å². The van der Waals surface area contributed by atoms with Crippen LogP contribution in [0.15, 0.2) is 46.9 Å². The first-order valence-corrected chi connectivity index (χ1v) is 7.58. The van der Waals surface area contributed by atoms with E-state index in [-0.39, 0.29) is 11.9 Å². The number of anilines is 1. The highest BCUT2D eigenvalue weighted by Crippen LogP contribution is 2.25. The summed E-state index contributed by atoms with van der Waals surface area (Å²) in [4.78, 5) is 0. The van der Waals surface area contributed by atoms with Gasteiger partial charge in [0.05, 0.1) is 6.04 Å². The van der Waals surface area contributed by atoms with Crippen LogP contribution in [0.4, 0.5) is 10.1 Å². The number of hydrogen-bond donors (Lipinski definition) is 1. The quantitative estimate of drug-likeness (QED) is 0.735. The van der Waals surface area contributed by atoms with Crippen LogP contribution in [-0.4, -0.2) is 0 Å². The molecule has 0 spiro atoms. The zero-order valence-electron chi connectivity index (χ0n) is 12.0. The van der Waals surface area contributed by atoms with Gasteiger partial charge in [-0.1, -0.05) is 48.0 Å². The molecule has 3 heteroatoms. The summed E-state index contributed by atoms with van der Waals surface area (Å²) in [5, 5.41) is 3.33. The van der Waals surface area contributed by atoms with Gasteiger partial charge in [-0.05, 0) is 42.7 Å². The molecule has 0 aliphatic rings. The van der Waals surface area contributed by atoms with E-state index in [2.05, 4.69) is 47.2 Å². The fourth-order valence-corrected chi connectivity index (χ4v) is 2.48. The molecule has 20 heavy (non-hydrogen) atoms. The first-order chi connectivity index (χ1) is 9.47. The van der Waals surface area contributed by atoms with Crippen LogP contribution in [0.2, 0.25) is 0 Å². The van der Waals surface area contributed by atoms with Gasteiger partial charge in [0, 0.05) is 15.7 Å². The molecule has 0 aliphatic carbocycles. The highest BCUT2D eigenvalue weighted by Gasteiger charge is 2.11. The molecule has 2 rings (SSSR count). The third-order valence-electron chi connectivity index (χ3n) is 3.39. The smallest absolute Gasteiger partial charge is 0.129 e. The molecule has 0 aromatic heterocycles. The molecule has 0 amide bonds. The van der Waals surface area contributed by atoms with Crippen LogP contribution in [0, 0.1) is 5.82 Å². The van der Waals surface area contributed by atoms with Crippen LogP contribution in [0.5, 0.6) is 0 Å². The Labute approximate surface area is 128 Å². The Morgan fingerprint density at radius 3 is 2.20 bits per heavy atom. The lowest BCUT2D eigenvalue weighted by molar-refractivity contribution is 0.599. The Kier molecular flexibility index (Phi) is 4.81. The maximum absolute atomic E-state index is 13.9. The Hall–Kier alpha value is -1.35. The standard InChI is InChI=1S/C17H19BrFN/c1-11(2)13-4-7-15(8-5-13)20-12(3)16-9-6-14(18)10-17(16)19/h4-12,20H,1-3H3. The van der Waals surface area contributed by atoms with E-state index >= 15 is 0 Å². The molecule has 1 nitrogen and oxygen atoms in total. The van der Waals surface area contributed by atoms with Crippen molar-refractivity contribution in [2.45, 2.75) is 32.7 Å². The van der Waals surface area contributed by atoms with Crippen molar-refractivity contribution in [1.82, 2.24) is 0 Å². The number of halogens is 2. The summed E-state index contributed by atoms with van der Waals surface area (Å²) in [5.74, 6) is 0.323. The Bertz CT molecular complexity index is 578. The Morgan fingerprint density at radius 2 is 1.65 bits per heavy atom. The highest BCUT2D eigenvalue weighted by molar-refractivity contribution is 9.10. The van der Waals surface area contributed by atoms with Crippen LogP contribution < -0.4 is 5.32 Å². The second-order valence-corrected chi connectivity index (χ2v) is 6.22. The predicted octanol–water partition coefficient (Wildman–Crippen LogP) is 5.88. The van der Waals surface area contributed by atoms with E-state index in [1.54, 1.807) is 6.07 Å². The van der Waals surface area contributed by atoms with Gasteiger partial charge >= 0.3 is 0 Å². The average Bonchev–Trinajstić information content (AvgIpc) is 2.39. The van der Waals surface area contributed by atoms with Crippen molar-refractivity contribution in [3.63, 3.8) is 0 Å². The lowest BCUT2D eigenvalue weighted by Crippen LogP contribution is -2.08. The van der Waals surface area contributed by atoms with Crippen molar-refractivity contribution >= 4 is 21.6 Å². The van der Waals surface area contributed by atoms with Crippen molar-refractivity contribution in [3.8, 4) is 0 Å². The third-order valence-corrected chi connectivity index (χ3v) is 3.88. The molecular weight excluding hydrogens is 317 g/mol. The van der Waals surface area contributed by atoms with Crippen LogP contribution >= 0.6 is 15.9 Å². The maximum Gasteiger partial charge on any atom is 0.129 e. The van der Waals surface area contributed by atoms with E-state index in [1.807, 2.05) is 25.1 Å². The molecule has 0 radical (unpaired) electrons. The SMILES string of the molecule is CC(C)c1ccc(NC(C)c2ccc(Br)cc2F)cc1. The van der Waals surface area contributed by atoms with Gasteiger partial charge in [-0.25, -0.2) is 4.39 Å². The molecular formula is C17H19BrFN. The fraction of sp³-hybridized carbons (Fsp3) is 0.294. The number of rotatable bonds is 4. The van der Waals surface area contributed by atoms with E-state index in [4.69, 9.17) is 0 Å². The molecule has 2 aromatic carbocycles. The van der Waals surface area contributed by atoms with Gasteiger partial charge in [0.1, 0.15) is 5.82 Å². The van der Waals surface area contributed by atoms with E-state index in [1.165, 1.54) is 11.6 Å². The minimum Gasteiger partial charge on any atom is -0.378 e. The van der Waals surface area contributed by atoms with E-state index in [0.29, 0.717) is 11.5 Å². The molecule has 0 heterocycles. The van der Waals surface area contributed by atoms with Gasteiger partial charge in [-0.15, -0.1) is 0 Å². The van der Waals surface area contributed by atoms with Gasteiger partial charge < -0.3 is 5.32 Å². The number of benzene rings is 2. The minimum absolute atomic E-state index is 0.0759. The van der Waals surface area contributed by atoms with Crippen molar-refractivity contribution in [2.75, 3.05) is 5.32 Å². The molecule has 0 aliphatic heterocycles. The zero-order chi connectivity index (χ0) is 14.7. The summed E-state index contributed by atoms with van der Waals surface area (Å²) in [6, 6.07) is 13.4. The van der Waals surface area contributed by atoms with Gasteiger partial charge in [0.15, 0.2) is 0 Å². The molecule has 0 saturated carbocycles. The van der Waals surface area contributed by atoms with Crippen LogP contribution in [0.25, 0.3) is 0 Å². The van der Waals surface area contributed by atoms with Crippen molar-refractivity contribution < 1.29 is 4.39 Å². The first kappa shape index (κ1) is 15.0. The lowest BCUT2D eigenvalue weighted by atomic mass is 10.0. The fourth-order valence-electron chi connectivity index (χ4n) is 2.14. The molecule has 0 saturated heterocycles. The first-order valence-electron chi connectivity index (χ1n) is 6.79. The topological polar surface area (TPSA) is 12.0 Å². The number of nitrogens with one attached hydrogen (secondary N) is 1. The summed E-state index contributed by atoms with van der Waals surface area (Å²) in [5.41, 5.74) is 2.98. The third kappa shape index (κ3) is 3.60. The van der Waals surface area contributed by atoms with Gasteiger partial charge in [-0.3, -0.25) is 0 Å². The summed E-state index contributed by atoms with van der Waals surface area (Å²) in [7, 11) is 0. The van der Waals surface area contributed by atoms with Crippen molar-refractivity contribution in [1.29, 1.82) is 0 Å². The van der Waals surface area contributed by atoms with Gasteiger partial charge in [0.25, 0.3) is 0 Å². The number of hydrogen-bond acceptors (Lipinski definition) is 1. The summed E-state index contributed by atoms with van der Waals surface area (Å²) < 4.78 is 14.7. The van der Waals surface area contributed by atoms with Crippen LogP contribution in [0.1, 0.15) is 43.9 Å². The van der Waals surface area contributed by atoms with Crippen molar-refractivity contribution in [2.24, 2.45) is 0 Å². The molecule has 106 valence electrons. The zero-order valence-corrected chi connectivity index (χ0v) is 13.5.